The molecule has 0 saturated heterocycles. The van der Waals surface area contributed by atoms with Gasteiger partial charge in [-0.15, -0.1) is 0 Å². The number of H-pyrrole nitrogens is 2. The van der Waals surface area contributed by atoms with Crippen molar-refractivity contribution < 1.29 is 0 Å². The summed E-state index contributed by atoms with van der Waals surface area (Å²) in [7, 11) is 6.22. The van der Waals surface area contributed by atoms with Gasteiger partial charge in [0.25, 0.3) is 0 Å². The standard InChI is InChI=1S/C27H26N8/c1-34(2)15-17-7-19(12-29-10-17)26-9-21-25(16-35(26)3)32-33-27(21)23-8-20-22(13-30-14-24(20)31-23)18-5-4-6-28-11-18/h4-14,16,26,31-32H,15H2,1-3H3. The van der Waals surface area contributed by atoms with Gasteiger partial charge in [0, 0.05) is 72.5 Å². The molecule has 0 spiro atoms. The molecule has 0 bridgehead atoms. The van der Waals surface area contributed by atoms with Gasteiger partial charge in [-0.1, -0.05) is 6.07 Å². The van der Waals surface area contributed by atoms with Crippen molar-refractivity contribution in [2.24, 2.45) is 0 Å². The molecule has 5 aromatic heterocycles. The van der Waals surface area contributed by atoms with Gasteiger partial charge in [0.2, 0.25) is 0 Å². The number of nitrogens with one attached hydrogen (secondary N) is 2. The molecular formula is C27H26N8. The molecule has 5 aromatic rings. The van der Waals surface area contributed by atoms with Gasteiger partial charge in [-0.2, -0.15) is 5.10 Å². The van der Waals surface area contributed by atoms with Crippen LogP contribution in [0.5, 0.6) is 0 Å². The number of pyridine rings is 3. The molecule has 6 heterocycles. The van der Waals surface area contributed by atoms with Gasteiger partial charge < -0.3 is 14.8 Å². The number of hydrogen-bond acceptors (Lipinski definition) is 6. The van der Waals surface area contributed by atoms with Crippen LogP contribution < -0.4 is 10.6 Å². The summed E-state index contributed by atoms with van der Waals surface area (Å²) in [5.41, 5.74) is 7.22. The van der Waals surface area contributed by atoms with E-state index in [1.165, 1.54) is 5.56 Å². The summed E-state index contributed by atoms with van der Waals surface area (Å²) >= 11 is 0. The highest BCUT2D eigenvalue weighted by Crippen LogP contribution is 2.30. The van der Waals surface area contributed by atoms with Crippen LogP contribution in [-0.2, 0) is 6.54 Å². The zero-order valence-corrected chi connectivity index (χ0v) is 19.9. The number of aromatic amines is 2. The minimum atomic E-state index is 0.0606. The molecule has 1 atom stereocenters. The van der Waals surface area contributed by atoms with Crippen LogP contribution in [0.25, 0.3) is 45.7 Å². The minimum absolute atomic E-state index is 0.0606. The molecule has 0 amide bonds. The van der Waals surface area contributed by atoms with E-state index in [4.69, 9.17) is 0 Å². The maximum absolute atomic E-state index is 4.68. The van der Waals surface area contributed by atoms with Gasteiger partial charge in [0.1, 0.15) is 5.69 Å². The number of aromatic nitrogens is 6. The fourth-order valence-corrected chi connectivity index (χ4v) is 4.78. The predicted molar refractivity (Wildman–Crippen MR) is 137 cm³/mol. The van der Waals surface area contributed by atoms with Crippen LogP contribution in [0, 0.1) is 0 Å². The number of nitrogens with zero attached hydrogens (tertiary/aromatic N) is 6. The molecule has 2 N–H and O–H groups in total. The Bertz CT molecular complexity index is 1630. The Balaban J connectivity index is 1.45. The summed E-state index contributed by atoms with van der Waals surface area (Å²) in [6.45, 7) is 0.853. The van der Waals surface area contributed by atoms with E-state index in [1.807, 2.05) is 43.1 Å². The summed E-state index contributed by atoms with van der Waals surface area (Å²) in [5.74, 6) is 0. The Morgan fingerprint density at radius 2 is 1.91 bits per heavy atom. The van der Waals surface area contributed by atoms with E-state index in [0.29, 0.717) is 0 Å². The summed E-state index contributed by atoms with van der Waals surface area (Å²) in [4.78, 5) is 21.1. The van der Waals surface area contributed by atoms with E-state index >= 15 is 0 Å². The van der Waals surface area contributed by atoms with Crippen molar-refractivity contribution in [1.29, 1.82) is 0 Å². The maximum atomic E-state index is 4.68. The molecule has 0 aromatic carbocycles. The molecule has 8 nitrogen and oxygen atoms in total. The lowest BCUT2D eigenvalue weighted by Gasteiger charge is -2.26. The highest BCUT2D eigenvalue weighted by molar-refractivity contribution is 5.97. The Labute approximate surface area is 202 Å². The monoisotopic (exact) mass is 462 g/mol. The average Bonchev–Trinajstić information content (AvgIpc) is 3.47. The second-order valence-corrected chi connectivity index (χ2v) is 9.24. The summed E-state index contributed by atoms with van der Waals surface area (Å²) in [6.07, 6.45) is 15.6. The van der Waals surface area contributed by atoms with Crippen molar-refractivity contribution in [3.05, 3.63) is 83.1 Å². The van der Waals surface area contributed by atoms with Crippen LogP contribution in [0.4, 0.5) is 0 Å². The minimum Gasteiger partial charge on any atom is -0.368 e. The zero-order chi connectivity index (χ0) is 23.9. The van der Waals surface area contributed by atoms with E-state index in [2.05, 4.69) is 85.5 Å². The SMILES string of the molecule is CN(C)Cc1cncc(C2C=c3c(-c4cc5c(-c6cccnc6)cncc5[nH]4)n[nH]c3=CN2C)c1. The van der Waals surface area contributed by atoms with Crippen LogP contribution in [0.3, 0.4) is 0 Å². The molecule has 0 radical (unpaired) electrons. The fourth-order valence-electron chi connectivity index (χ4n) is 4.78. The van der Waals surface area contributed by atoms with E-state index in [0.717, 1.165) is 56.1 Å². The number of rotatable bonds is 5. The molecular weight excluding hydrogens is 436 g/mol. The van der Waals surface area contributed by atoms with Gasteiger partial charge in [-0.25, -0.2) is 0 Å². The third-order valence-electron chi connectivity index (χ3n) is 6.36. The molecule has 1 aliphatic heterocycles. The fraction of sp³-hybridized carbons (Fsp3) is 0.185. The van der Waals surface area contributed by atoms with Gasteiger partial charge in [-0.05, 0) is 49.5 Å². The van der Waals surface area contributed by atoms with E-state index in [1.54, 1.807) is 6.20 Å². The van der Waals surface area contributed by atoms with E-state index in [9.17, 15) is 0 Å². The Hall–Kier alpha value is -4.30. The lowest BCUT2D eigenvalue weighted by atomic mass is 10.0. The summed E-state index contributed by atoms with van der Waals surface area (Å²) < 4.78 is 0. The number of hydrogen-bond donors (Lipinski definition) is 2. The molecule has 1 aliphatic rings. The van der Waals surface area contributed by atoms with Crippen LogP contribution in [0.1, 0.15) is 17.2 Å². The van der Waals surface area contributed by atoms with Crippen molar-refractivity contribution in [3.8, 4) is 22.5 Å². The van der Waals surface area contributed by atoms with Gasteiger partial charge in [-0.3, -0.25) is 20.1 Å². The molecule has 0 saturated carbocycles. The van der Waals surface area contributed by atoms with Crippen molar-refractivity contribution in [3.63, 3.8) is 0 Å². The lowest BCUT2D eigenvalue weighted by Crippen LogP contribution is -2.35. The summed E-state index contributed by atoms with van der Waals surface area (Å²) in [5, 5.41) is 11.0. The molecule has 6 rings (SSSR count). The summed E-state index contributed by atoms with van der Waals surface area (Å²) in [6, 6.07) is 8.43. The smallest absolute Gasteiger partial charge is 0.116 e. The topological polar surface area (TPSA) is 89.6 Å². The van der Waals surface area contributed by atoms with Crippen LogP contribution >= 0.6 is 0 Å². The number of fused-ring (bicyclic) bond motifs is 2. The van der Waals surface area contributed by atoms with Crippen molar-refractivity contribution in [2.45, 2.75) is 12.6 Å². The first kappa shape index (κ1) is 21.2. The predicted octanol–water partition coefficient (Wildman–Crippen LogP) is 2.68. The molecule has 8 heteroatoms. The molecule has 0 aliphatic carbocycles. The molecule has 0 fully saturated rings. The van der Waals surface area contributed by atoms with E-state index in [-0.39, 0.29) is 6.04 Å². The first-order chi connectivity index (χ1) is 17.1. The van der Waals surface area contributed by atoms with Crippen molar-refractivity contribution in [1.82, 2.24) is 39.9 Å². The highest BCUT2D eigenvalue weighted by Gasteiger charge is 2.20. The van der Waals surface area contributed by atoms with Crippen LogP contribution in [0.15, 0.2) is 61.4 Å². The lowest BCUT2D eigenvalue weighted by molar-refractivity contribution is 0.400. The van der Waals surface area contributed by atoms with Crippen molar-refractivity contribution >= 4 is 23.2 Å². The third kappa shape index (κ3) is 3.87. The van der Waals surface area contributed by atoms with Crippen LogP contribution in [-0.4, -0.2) is 61.1 Å². The first-order valence-corrected chi connectivity index (χ1v) is 11.5. The average molecular weight is 463 g/mol. The maximum Gasteiger partial charge on any atom is 0.116 e. The Kier molecular flexibility index (Phi) is 5.15. The quantitative estimate of drug-likeness (QED) is 0.418. The third-order valence-corrected chi connectivity index (χ3v) is 6.36. The van der Waals surface area contributed by atoms with Crippen molar-refractivity contribution in [2.75, 3.05) is 21.1 Å². The molecule has 1 unspecified atom stereocenters. The van der Waals surface area contributed by atoms with Crippen LogP contribution in [0.2, 0.25) is 0 Å². The van der Waals surface area contributed by atoms with Gasteiger partial charge in [0.05, 0.1) is 28.8 Å². The molecule has 35 heavy (non-hydrogen) atoms. The van der Waals surface area contributed by atoms with E-state index < -0.39 is 0 Å². The Morgan fingerprint density at radius 1 is 1.03 bits per heavy atom. The first-order valence-electron chi connectivity index (χ1n) is 11.5. The largest absolute Gasteiger partial charge is 0.368 e. The van der Waals surface area contributed by atoms with Gasteiger partial charge >= 0.3 is 0 Å². The molecule has 174 valence electrons. The zero-order valence-electron chi connectivity index (χ0n) is 19.9. The normalized spacial score (nSPS) is 15.2. The highest BCUT2D eigenvalue weighted by atomic mass is 15.2. The second kappa shape index (κ2) is 8.48. The second-order valence-electron chi connectivity index (χ2n) is 9.24. The Morgan fingerprint density at radius 3 is 2.74 bits per heavy atom. The van der Waals surface area contributed by atoms with Gasteiger partial charge in [0.15, 0.2) is 0 Å².